The molecule has 0 spiro atoms. The van der Waals surface area contributed by atoms with E-state index in [-0.39, 0.29) is 18.8 Å². The van der Waals surface area contributed by atoms with Gasteiger partial charge in [-0.15, -0.1) is 0 Å². The number of fused-ring (bicyclic) bond motifs is 1. The van der Waals surface area contributed by atoms with Gasteiger partial charge < -0.3 is 29.2 Å². The molecule has 0 saturated heterocycles. The molecule has 29 heavy (non-hydrogen) atoms. The van der Waals surface area contributed by atoms with E-state index >= 15 is 0 Å². The molecule has 3 atom stereocenters. The van der Waals surface area contributed by atoms with Gasteiger partial charge in [0.25, 0.3) is 0 Å². The number of nitrogens with one attached hydrogen (secondary N) is 1. The lowest BCUT2D eigenvalue weighted by molar-refractivity contribution is 0.0234. The van der Waals surface area contributed by atoms with Gasteiger partial charge in [0.2, 0.25) is 18.5 Å². The molecule has 0 aliphatic carbocycles. The minimum absolute atomic E-state index is 0.157. The third-order valence-corrected chi connectivity index (χ3v) is 4.89. The lowest BCUT2D eigenvalue weighted by atomic mass is 9.99. The van der Waals surface area contributed by atoms with Crippen LogP contribution in [-0.2, 0) is 4.74 Å². The molecule has 2 aromatic rings. The number of aliphatic hydroxyl groups excluding tert-OH is 1. The van der Waals surface area contributed by atoms with E-state index in [9.17, 15) is 5.11 Å². The van der Waals surface area contributed by atoms with E-state index in [0.717, 1.165) is 12.0 Å². The first-order chi connectivity index (χ1) is 14.0. The second-order valence-corrected chi connectivity index (χ2v) is 7.88. The Morgan fingerprint density at radius 3 is 2.72 bits per heavy atom. The molecule has 2 N–H and O–H groups in total. The topological polar surface area (TPSA) is 98.9 Å². The summed E-state index contributed by atoms with van der Waals surface area (Å²) in [5.41, 5.74) is 0.800. The molecule has 3 rings (SSSR count). The van der Waals surface area contributed by atoms with Crippen molar-refractivity contribution in [3.05, 3.63) is 24.1 Å². The molecule has 8 heteroatoms. The van der Waals surface area contributed by atoms with Gasteiger partial charge in [-0.25, -0.2) is 0 Å². The second kappa shape index (κ2) is 10.0. The van der Waals surface area contributed by atoms with Crippen LogP contribution in [0.1, 0.15) is 46.0 Å². The van der Waals surface area contributed by atoms with Gasteiger partial charge in [-0.1, -0.05) is 39.3 Å². The third kappa shape index (κ3) is 5.68. The maximum Gasteiger partial charge on any atom is 0.244 e. The van der Waals surface area contributed by atoms with E-state index in [1.54, 1.807) is 0 Å². The van der Waals surface area contributed by atoms with Crippen molar-refractivity contribution in [2.24, 2.45) is 11.8 Å². The van der Waals surface area contributed by atoms with Gasteiger partial charge in [0.1, 0.15) is 0 Å². The van der Waals surface area contributed by atoms with Gasteiger partial charge in [-0.05, 0) is 30.0 Å². The summed E-state index contributed by atoms with van der Waals surface area (Å²) in [6, 6.07) is 5.41. The average molecular weight is 405 g/mol. The van der Waals surface area contributed by atoms with Crippen LogP contribution in [-0.4, -0.2) is 47.9 Å². The molecule has 2 heterocycles. The lowest BCUT2D eigenvalue weighted by Gasteiger charge is -2.22. The highest BCUT2D eigenvalue weighted by atomic mass is 16.7. The highest BCUT2D eigenvalue weighted by Crippen LogP contribution is 2.35. The first-order valence-electron chi connectivity index (χ1n) is 10.2. The highest BCUT2D eigenvalue weighted by molar-refractivity contribution is 5.61. The van der Waals surface area contributed by atoms with Gasteiger partial charge in [0, 0.05) is 18.7 Å². The van der Waals surface area contributed by atoms with Crippen LogP contribution >= 0.6 is 0 Å². The quantitative estimate of drug-likeness (QED) is 0.588. The van der Waals surface area contributed by atoms with Crippen LogP contribution in [0.2, 0.25) is 0 Å². The molecule has 0 unspecified atom stereocenters. The molecular weight excluding hydrogens is 374 g/mol. The Morgan fingerprint density at radius 1 is 1.17 bits per heavy atom. The number of hydrogen-bond donors (Lipinski definition) is 2. The molecule has 0 bridgehead atoms. The molecule has 0 saturated carbocycles. The molecule has 1 aliphatic heterocycles. The van der Waals surface area contributed by atoms with Crippen LogP contribution in [0.15, 0.2) is 22.7 Å². The van der Waals surface area contributed by atoms with Crippen molar-refractivity contribution in [2.75, 3.05) is 26.6 Å². The number of aliphatic hydroxyl groups is 1. The Hall–Kier alpha value is -2.16. The third-order valence-electron chi connectivity index (χ3n) is 4.89. The fourth-order valence-corrected chi connectivity index (χ4v) is 3.04. The van der Waals surface area contributed by atoms with E-state index in [1.807, 2.05) is 18.2 Å². The summed E-state index contributed by atoms with van der Waals surface area (Å²) in [6.45, 7) is 9.92. The Labute approximate surface area is 171 Å². The standard InChI is InChI=1S/C21H31N3O5/c1-5-14(4)19(22-9-16(25)11-26-10-13(2)3)21-23-20(24-29-21)15-6-7-17-18(8-15)28-12-27-17/h6-8,13-14,16,19,22,25H,5,9-12H2,1-4H3/t14-,16-,19-/m0/s1. The molecule has 1 aromatic carbocycles. The summed E-state index contributed by atoms with van der Waals surface area (Å²) in [7, 11) is 0. The average Bonchev–Trinajstić information content (AvgIpc) is 3.36. The van der Waals surface area contributed by atoms with Gasteiger partial charge in [-0.2, -0.15) is 4.98 Å². The first-order valence-corrected chi connectivity index (χ1v) is 10.2. The van der Waals surface area contributed by atoms with Crippen LogP contribution in [0, 0.1) is 11.8 Å². The van der Waals surface area contributed by atoms with Crippen molar-refractivity contribution in [1.82, 2.24) is 15.5 Å². The molecule has 1 aromatic heterocycles. The summed E-state index contributed by atoms with van der Waals surface area (Å²) in [5, 5.41) is 17.7. The summed E-state index contributed by atoms with van der Waals surface area (Å²) in [6.07, 6.45) is 0.329. The van der Waals surface area contributed by atoms with Crippen LogP contribution in [0.5, 0.6) is 11.5 Å². The smallest absolute Gasteiger partial charge is 0.244 e. The van der Waals surface area contributed by atoms with Crippen LogP contribution in [0.3, 0.4) is 0 Å². The van der Waals surface area contributed by atoms with Crippen molar-refractivity contribution in [1.29, 1.82) is 0 Å². The zero-order valence-electron chi connectivity index (χ0n) is 17.6. The Bertz CT molecular complexity index is 779. The lowest BCUT2D eigenvalue weighted by Crippen LogP contribution is -2.36. The zero-order chi connectivity index (χ0) is 20.8. The van der Waals surface area contributed by atoms with E-state index in [1.165, 1.54) is 0 Å². The predicted molar refractivity (Wildman–Crippen MR) is 108 cm³/mol. The Balaban J connectivity index is 1.65. The number of hydrogen-bond acceptors (Lipinski definition) is 8. The number of ether oxygens (including phenoxy) is 3. The summed E-state index contributed by atoms with van der Waals surface area (Å²) >= 11 is 0. The first kappa shape index (κ1) is 21.5. The van der Waals surface area contributed by atoms with Crippen molar-refractivity contribution < 1.29 is 23.8 Å². The van der Waals surface area contributed by atoms with Crippen LogP contribution < -0.4 is 14.8 Å². The van der Waals surface area contributed by atoms with Crippen molar-refractivity contribution in [3.8, 4) is 22.9 Å². The fraction of sp³-hybridized carbons (Fsp3) is 0.619. The second-order valence-electron chi connectivity index (χ2n) is 7.88. The molecule has 1 aliphatic rings. The molecule has 0 amide bonds. The SMILES string of the molecule is CC[C@H](C)[C@H](NC[C@H](O)COCC(C)C)c1nc(-c2ccc3c(c2)OCO3)no1. The van der Waals surface area contributed by atoms with E-state index in [4.69, 9.17) is 18.7 Å². The number of rotatable bonds is 11. The fourth-order valence-electron chi connectivity index (χ4n) is 3.04. The highest BCUT2D eigenvalue weighted by Gasteiger charge is 2.25. The number of aromatic nitrogens is 2. The zero-order valence-corrected chi connectivity index (χ0v) is 17.6. The number of benzene rings is 1. The van der Waals surface area contributed by atoms with Gasteiger partial charge in [-0.3, -0.25) is 0 Å². The van der Waals surface area contributed by atoms with Crippen molar-refractivity contribution in [2.45, 2.75) is 46.3 Å². The summed E-state index contributed by atoms with van der Waals surface area (Å²) in [4.78, 5) is 4.59. The largest absolute Gasteiger partial charge is 0.454 e. The summed E-state index contributed by atoms with van der Waals surface area (Å²) in [5.74, 6) is 3.08. The monoisotopic (exact) mass is 405 g/mol. The maximum absolute atomic E-state index is 10.2. The molecular formula is C21H31N3O5. The van der Waals surface area contributed by atoms with Gasteiger partial charge in [0.05, 0.1) is 18.8 Å². The normalized spacial score (nSPS) is 16.2. The van der Waals surface area contributed by atoms with Crippen molar-refractivity contribution in [3.63, 3.8) is 0 Å². The van der Waals surface area contributed by atoms with E-state index < -0.39 is 6.10 Å². The molecule has 0 fully saturated rings. The Kier molecular flexibility index (Phi) is 7.46. The van der Waals surface area contributed by atoms with E-state index in [0.29, 0.717) is 48.9 Å². The van der Waals surface area contributed by atoms with Gasteiger partial charge >= 0.3 is 0 Å². The minimum Gasteiger partial charge on any atom is -0.454 e. The predicted octanol–water partition coefficient (Wildman–Crippen LogP) is 3.18. The molecule has 8 nitrogen and oxygen atoms in total. The van der Waals surface area contributed by atoms with E-state index in [2.05, 4.69) is 43.2 Å². The maximum atomic E-state index is 10.2. The molecule has 0 radical (unpaired) electrons. The number of nitrogens with zero attached hydrogens (tertiary/aromatic N) is 2. The van der Waals surface area contributed by atoms with Gasteiger partial charge in [0.15, 0.2) is 11.5 Å². The van der Waals surface area contributed by atoms with Crippen LogP contribution in [0.25, 0.3) is 11.4 Å². The summed E-state index contributed by atoms with van der Waals surface area (Å²) < 4.78 is 21.8. The van der Waals surface area contributed by atoms with Crippen molar-refractivity contribution >= 4 is 0 Å². The minimum atomic E-state index is -0.600. The van der Waals surface area contributed by atoms with Crippen LogP contribution in [0.4, 0.5) is 0 Å². The Morgan fingerprint density at radius 2 is 1.97 bits per heavy atom. The molecule has 160 valence electrons.